The predicted molar refractivity (Wildman–Crippen MR) is 96.3 cm³/mol. The van der Waals surface area contributed by atoms with Crippen LogP contribution in [0.3, 0.4) is 0 Å². The van der Waals surface area contributed by atoms with E-state index in [0.29, 0.717) is 12.3 Å². The number of likely N-dealkylation sites (N-methyl/N-ethyl adjacent to an activating group) is 1. The Balaban J connectivity index is 1.85. The first-order valence-electron chi connectivity index (χ1n) is 8.51. The molecule has 132 valence electrons. The minimum Gasteiger partial charge on any atom is -0.491 e. The van der Waals surface area contributed by atoms with Crippen LogP contribution in [0.15, 0.2) is 35.4 Å². The lowest BCUT2D eigenvalue weighted by Crippen LogP contribution is -2.30. The second-order valence-electron chi connectivity index (χ2n) is 6.64. The zero-order chi connectivity index (χ0) is 17.5. The van der Waals surface area contributed by atoms with Crippen molar-refractivity contribution in [1.82, 2.24) is 4.90 Å². The van der Waals surface area contributed by atoms with E-state index in [2.05, 4.69) is 5.32 Å². The molecule has 1 atom stereocenters. The van der Waals surface area contributed by atoms with Gasteiger partial charge in [-0.05, 0) is 71.0 Å². The summed E-state index contributed by atoms with van der Waals surface area (Å²) < 4.78 is 5.56. The number of rotatable bonds is 7. The van der Waals surface area contributed by atoms with Crippen LogP contribution >= 0.6 is 0 Å². The van der Waals surface area contributed by atoms with E-state index < -0.39 is 6.10 Å². The number of anilines is 1. The molecule has 1 aliphatic rings. The molecule has 0 bridgehead atoms. The number of nitrogens with one attached hydrogen (secondary N) is 1. The molecular formula is C19H28N2O3. The van der Waals surface area contributed by atoms with Crippen molar-refractivity contribution in [1.29, 1.82) is 0 Å². The van der Waals surface area contributed by atoms with Gasteiger partial charge in [0.25, 0.3) is 5.91 Å². The average molecular weight is 332 g/mol. The van der Waals surface area contributed by atoms with Gasteiger partial charge in [-0.15, -0.1) is 0 Å². The van der Waals surface area contributed by atoms with Crippen molar-refractivity contribution in [3.8, 4) is 5.75 Å². The first-order chi connectivity index (χ1) is 11.5. The summed E-state index contributed by atoms with van der Waals surface area (Å²) in [4.78, 5) is 14.2. The number of carbonyl (C=O) groups is 1. The number of nitrogens with zero attached hydrogens (tertiary/aromatic N) is 1. The molecule has 1 unspecified atom stereocenters. The number of amides is 1. The van der Waals surface area contributed by atoms with Crippen molar-refractivity contribution in [2.45, 2.75) is 38.7 Å². The van der Waals surface area contributed by atoms with Crippen molar-refractivity contribution >= 4 is 11.6 Å². The van der Waals surface area contributed by atoms with Gasteiger partial charge in [0.15, 0.2) is 0 Å². The molecule has 2 N–H and O–H groups in total. The molecule has 1 aliphatic carbocycles. The molecule has 0 spiro atoms. The fraction of sp³-hybridized carbons (Fsp3) is 0.526. The third kappa shape index (κ3) is 5.65. The lowest BCUT2D eigenvalue weighted by Gasteiger charge is -2.16. The van der Waals surface area contributed by atoms with Gasteiger partial charge in [0, 0.05) is 17.8 Å². The number of aliphatic hydroxyl groups excluding tert-OH is 1. The van der Waals surface area contributed by atoms with Gasteiger partial charge in [0.1, 0.15) is 18.5 Å². The predicted octanol–water partition coefficient (Wildman–Crippen LogP) is 2.82. The van der Waals surface area contributed by atoms with E-state index in [0.717, 1.165) is 24.1 Å². The van der Waals surface area contributed by atoms with Crippen molar-refractivity contribution in [3.63, 3.8) is 0 Å². The molecule has 0 saturated heterocycles. The Morgan fingerprint density at radius 1 is 1.25 bits per heavy atom. The molecule has 0 aliphatic heterocycles. The summed E-state index contributed by atoms with van der Waals surface area (Å²) in [6.45, 7) is 2.71. The number of aliphatic hydroxyl groups is 1. The van der Waals surface area contributed by atoms with Crippen LogP contribution in [-0.2, 0) is 4.79 Å². The second kappa shape index (κ2) is 8.85. The molecule has 1 aromatic rings. The number of benzene rings is 1. The van der Waals surface area contributed by atoms with Crippen LogP contribution in [0.4, 0.5) is 5.69 Å². The standard InChI is InChI=1S/C19H28N2O3/c1-14(15-6-4-5-7-15)19(23)20-16-8-10-18(11-9-16)24-13-17(22)12-21(2)3/h8-11,17,22H,4-7,12-13H2,1-3H3,(H,20,23). The van der Waals surface area contributed by atoms with Gasteiger partial charge in [-0.3, -0.25) is 4.79 Å². The first kappa shape index (κ1) is 18.5. The quantitative estimate of drug-likeness (QED) is 0.754. The minimum absolute atomic E-state index is 0.0260. The fourth-order valence-corrected chi connectivity index (χ4v) is 2.86. The summed E-state index contributed by atoms with van der Waals surface area (Å²) in [6, 6.07) is 7.24. The summed E-state index contributed by atoms with van der Waals surface area (Å²) in [6.07, 6.45) is 3.93. The van der Waals surface area contributed by atoms with Gasteiger partial charge in [-0.1, -0.05) is 5.57 Å². The number of carbonyl (C=O) groups excluding carboxylic acids is 1. The summed E-state index contributed by atoms with van der Waals surface area (Å²) in [5.41, 5.74) is 2.88. The summed E-state index contributed by atoms with van der Waals surface area (Å²) >= 11 is 0. The van der Waals surface area contributed by atoms with Gasteiger partial charge in [0.2, 0.25) is 0 Å². The Labute approximate surface area is 144 Å². The molecule has 1 saturated carbocycles. The molecule has 1 fully saturated rings. The highest BCUT2D eigenvalue weighted by Gasteiger charge is 2.15. The lowest BCUT2D eigenvalue weighted by molar-refractivity contribution is -0.112. The number of allylic oxidation sites excluding steroid dienone is 1. The maximum absolute atomic E-state index is 12.3. The van der Waals surface area contributed by atoms with E-state index in [1.807, 2.05) is 38.1 Å². The topological polar surface area (TPSA) is 61.8 Å². The van der Waals surface area contributed by atoms with Crippen molar-refractivity contribution < 1.29 is 14.6 Å². The Hall–Kier alpha value is -1.85. The van der Waals surface area contributed by atoms with Gasteiger partial charge in [-0.2, -0.15) is 0 Å². The van der Waals surface area contributed by atoms with Crippen LogP contribution < -0.4 is 10.1 Å². The first-order valence-corrected chi connectivity index (χ1v) is 8.51. The van der Waals surface area contributed by atoms with Crippen LogP contribution in [0.25, 0.3) is 0 Å². The molecule has 0 radical (unpaired) electrons. The van der Waals surface area contributed by atoms with Crippen LogP contribution in [0, 0.1) is 0 Å². The number of hydrogen-bond acceptors (Lipinski definition) is 4. The van der Waals surface area contributed by atoms with Crippen molar-refractivity contribution in [2.24, 2.45) is 0 Å². The molecule has 2 rings (SSSR count). The molecule has 1 aromatic carbocycles. The Bertz CT molecular complexity index is 571. The number of ether oxygens (including phenoxy) is 1. The SMILES string of the molecule is CC(C(=O)Nc1ccc(OCC(O)CN(C)C)cc1)=C1CCCC1. The van der Waals surface area contributed by atoms with Crippen molar-refractivity contribution in [2.75, 3.05) is 32.6 Å². The largest absolute Gasteiger partial charge is 0.491 e. The Morgan fingerprint density at radius 3 is 2.46 bits per heavy atom. The zero-order valence-corrected chi connectivity index (χ0v) is 14.8. The summed E-state index contributed by atoms with van der Waals surface area (Å²) in [7, 11) is 3.81. The van der Waals surface area contributed by atoms with Gasteiger partial charge in [-0.25, -0.2) is 0 Å². The smallest absolute Gasteiger partial charge is 0.251 e. The van der Waals surface area contributed by atoms with Gasteiger partial charge >= 0.3 is 0 Å². The normalized spacial score (nSPS) is 15.5. The summed E-state index contributed by atoms with van der Waals surface area (Å²) in [5, 5.41) is 12.7. The van der Waals surface area contributed by atoms with E-state index in [-0.39, 0.29) is 12.5 Å². The van der Waals surface area contributed by atoms with E-state index in [9.17, 15) is 9.90 Å². The maximum Gasteiger partial charge on any atom is 0.251 e. The molecule has 0 heterocycles. The van der Waals surface area contributed by atoms with Gasteiger partial charge in [0.05, 0.1) is 0 Å². The lowest BCUT2D eigenvalue weighted by atomic mass is 10.1. The average Bonchev–Trinajstić information content (AvgIpc) is 3.07. The second-order valence-corrected chi connectivity index (χ2v) is 6.64. The molecule has 1 amide bonds. The molecule has 5 nitrogen and oxygen atoms in total. The van der Waals surface area contributed by atoms with E-state index in [1.165, 1.54) is 18.4 Å². The van der Waals surface area contributed by atoms with Crippen LogP contribution in [0.1, 0.15) is 32.6 Å². The summed E-state index contributed by atoms with van der Waals surface area (Å²) in [5.74, 6) is 0.652. The highest BCUT2D eigenvalue weighted by molar-refractivity contribution is 6.03. The third-order valence-electron chi connectivity index (χ3n) is 4.21. The number of hydrogen-bond donors (Lipinski definition) is 2. The minimum atomic E-state index is -0.528. The molecule has 24 heavy (non-hydrogen) atoms. The zero-order valence-electron chi connectivity index (χ0n) is 14.8. The fourth-order valence-electron chi connectivity index (χ4n) is 2.86. The Kier molecular flexibility index (Phi) is 6.82. The molecular weight excluding hydrogens is 304 g/mol. The van der Waals surface area contributed by atoms with Crippen LogP contribution in [0.2, 0.25) is 0 Å². The van der Waals surface area contributed by atoms with Gasteiger partial charge < -0.3 is 20.1 Å². The monoisotopic (exact) mass is 332 g/mol. The highest BCUT2D eigenvalue weighted by Crippen LogP contribution is 2.27. The van der Waals surface area contributed by atoms with Crippen LogP contribution in [-0.4, -0.2) is 49.3 Å². The maximum atomic E-state index is 12.3. The van der Waals surface area contributed by atoms with E-state index in [1.54, 1.807) is 12.1 Å². The highest BCUT2D eigenvalue weighted by atomic mass is 16.5. The Morgan fingerprint density at radius 2 is 1.88 bits per heavy atom. The van der Waals surface area contributed by atoms with E-state index >= 15 is 0 Å². The van der Waals surface area contributed by atoms with E-state index in [4.69, 9.17) is 4.74 Å². The molecule has 0 aromatic heterocycles. The van der Waals surface area contributed by atoms with Crippen LogP contribution in [0.5, 0.6) is 5.75 Å². The third-order valence-corrected chi connectivity index (χ3v) is 4.21. The molecule has 5 heteroatoms. The van der Waals surface area contributed by atoms with Crippen molar-refractivity contribution in [3.05, 3.63) is 35.4 Å².